The van der Waals surface area contributed by atoms with Gasteiger partial charge in [-0.15, -0.1) is 0 Å². The van der Waals surface area contributed by atoms with E-state index < -0.39 is 0 Å². The van der Waals surface area contributed by atoms with E-state index in [-0.39, 0.29) is 0 Å². The zero-order valence-electron chi connectivity index (χ0n) is 11.5. The minimum absolute atomic E-state index is 0.919. The molecule has 0 radical (unpaired) electrons. The van der Waals surface area contributed by atoms with E-state index >= 15 is 0 Å². The van der Waals surface area contributed by atoms with Crippen molar-refractivity contribution in [3.8, 4) is 11.1 Å². The summed E-state index contributed by atoms with van der Waals surface area (Å²) in [6.45, 7) is 0. The Balaban J connectivity index is 1.67. The van der Waals surface area contributed by atoms with E-state index in [9.17, 15) is 0 Å². The molecule has 20 heavy (non-hydrogen) atoms. The van der Waals surface area contributed by atoms with Crippen LogP contribution in [0, 0.1) is 5.92 Å². The molecular formula is C18H18N2. The van der Waals surface area contributed by atoms with Crippen molar-refractivity contribution in [2.75, 3.05) is 0 Å². The summed E-state index contributed by atoms with van der Waals surface area (Å²) in [5.74, 6) is 0.919. The summed E-state index contributed by atoms with van der Waals surface area (Å²) in [5.41, 5.74) is 5.20. The van der Waals surface area contributed by atoms with Crippen LogP contribution in [0.25, 0.3) is 16.6 Å². The number of pyridine rings is 1. The molecule has 2 heteroatoms. The van der Waals surface area contributed by atoms with Crippen molar-refractivity contribution in [2.24, 2.45) is 5.92 Å². The molecule has 100 valence electrons. The molecule has 2 heterocycles. The van der Waals surface area contributed by atoms with Crippen molar-refractivity contribution in [1.82, 2.24) is 9.61 Å². The van der Waals surface area contributed by atoms with Gasteiger partial charge in [0.15, 0.2) is 0 Å². The van der Waals surface area contributed by atoms with Crippen molar-refractivity contribution in [3.63, 3.8) is 0 Å². The third kappa shape index (κ3) is 2.11. The summed E-state index contributed by atoms with van der Waals surface area (Å²) in [5, 5.41) is 4.25. The standard InChI is InChI=1S/C18H18N2/c1-3-14(4-1)11-15-5-2-6-16(12-15)17-8-10-20-18(13-17)7-9-19-20/h2,5-10,12-14H,1,3-4,11H2. The molecule has 4 rings (SSSR count). The second-order valence-corrected chi connectivity index (χ2v) is 5.82. The fraction of sp³-hybridized carbons (Fsp3) is 0.278. The van der Waals surface area contributed by atoms with E-state index in [1.807, 2.05) is 23.0 Å². The molecule has 1 aromatic carbocycles. The van der Waals surface area contributed by atoms with Gasteiger partial charge in [-0.3, -0.25) is 0 Å². The summed E-state index contributed by atoms with van der Waals surface area (Å²) >= 11 is 0. The molecule has 0 saturated heterocycles. The SMILES string of the molecule is c1cc(CC2CCC2)cc(-c2ccn3nccc3c2)c1. The smallest absolute Gasteiger partial charge is 0.0667 e. The Bertz CT molecular complexity index is 738. The topological polar surface area (TPSA) is 17.3 Å². The van der Waals surface area contributed by atoms with Crippen LogP contribution in [0.5, 0.6) is 0 Å². The quantitative estimate of drug-likeness (QED) is 0.686. The lowest BCUT2D eigenvalue weighted by Gasteiger charge is -2.25. The van der Waals surface area contributed by atoms with Gasteiger partial charge < -0.3 is 0 Å². The molecule has 1 aliphatic carbocycles. The Morgan fingerprint density at radius 2 is 1.95 bits per heavy atom. The van der Waals surface area contributed by atoms with Gasteiger partial charge in [-0.1, -0.05) is 43.5 Å². The highest BCUT2D eigenvalue weighted by molar-refractivity contribution is 5.69. The highest BCUT2D eigenvalue weighted by atomic mass is 15.2. The van der Waals surface area contributed by atoms with Gasteiger partial charge in [0.05, 0.1) is 5.52 Å². The van der Waals surface area contributed by atoms with Crippen molar-refractivity contribution >= 4 is 5.52 Å². The molecule has 1 fully saturated rings. The van der Waals surface area contributed by atoms with Gasteiger partial charge in [-0.05, 0) is 47.2 Å². The van der Waals surface area contributed by atoms with Crippen molar-refractivity contribution in [1.29, 1.82) is 0 Å². The summed E-state index contributed by atoms with van der Waals surface area (Å²) in [7, 11) is 0. The van der Waals surface area contributed by atoms with Crippen LogP contribution in [0.4, 0.5) is 0 Å². The summed E-state index contributed by atoms with van der Waals surface area (Å²) in [4.78, 5) is 0. The van der Waals surface area contributed by atoms with Crippen LogP contribution < -0.4 is 0 Å². The van der Waals surface area contributed by atoms with Gasteiger partial charge in [0, 0.05) is 12.4 Å². The first-order valence-corrected chi connectivity index (χ1v) is 7.41. The highest BCUT2D eigenvalue weighted by Gasteiger charge is 2.17. The lowest BCUT2D eigenvalue weighted by molar-refractivity contribution is 0.314. The van der Waals surface area contributed by atoms with Gasteiger partial charge >= 0.3 is 0 Å². The Morgan fingerprint density at radius 3 is 2.80 bits per heavy atom. The number of rotatable bonds is 3. The molecule has 0 spiro atoms. The predicted molar refractivity (Wildman–Crippen MR) is 81.7 cm³/mol. The maximum absolute atomic E-state index is 4.25. The Hall–Kier alpha value is -2.09. The van der Waals surface area contributed by atoms with Crippen molar-refractivity contribution < 1.29 is 0 Å². The fourth-order valence-electron chi connectivity index (χ4n) is 3.01. The molecule has 1 saturated carbocycles. The third-order valence-corrected chi connectivity index (χ3v) is 4.41. The minimum Gasteiger partial charge on any atom is -0.241 e. The summed E-state index contributed by atoms with van der Waals surface area (Å²) in [6.07, 6.45) is 9.35. The number of hydrogen-bond donors (Lipinski definition) is 0. The largest absolute Gasteiger partial charge is 0.241 e. The van der Waals surface area contributed by atoms with Gasteiger partial charge in [0.2, 0.25) is 0 Å². The summed E-state index contributed by atoms with van der Waals surface area (Å²) < 4.78 is 1.90. The zero-order chi connectivity index (χ0) is 13.4. The van der Waals surface area contributed by atoms with E-state index in [0.29, 0.717) is 0 Å². The monoisotopic (exact) mass is 262 g/mol. The van der Waals surface area contributed by atoms with Crippen molar-refractivity contribution in [3.05, 3.63) is 60.4 Å². The highest BCUT2D eigenvalue weighted by Crippen LogP contribution is 2.31. The van der Waals surface area contributed by atoms with Gasteiger partial charge in [0.25, 0.3) is 0 Å². The maximum Gasteiger partial charge on any atom is 0.0667 e. The molecule has 2 aromatic heterocycles. The van der Waals surface area contributed by atoms with Crippen LogP contribution in [-0.4, -0.2) is 9.61 Å². The summed E-state index contributed by atoms with van der Waals surface area (Å²) in [6, 6.07) is 15.4. The molecule has 3 aromatic rings. The first-order valence-electron chi connectivity index (χ1n) is 7.41. The van der Waals surface area contributed by atoms with Crippen LogP contribution >= 0.6 is 0 Å². The second-order valence-electron chi connectivity index (χ2n) is 5.82. The fourth-order valence-corrected chi connectivity index (χ4v) is 3.01. The van der Waals surface area contributed by atoms with E-state index in [1.54, 1.807) is 0 Å². The van der Waals surface area contributed by atoms with Crippen LogP contribution in [0.3, 0.4) is 0 Å². The first kappa shape index (κ1) is 11.7. The van der Waals surface area contributed by atoms with Crippen LogP contribution in [0.1, 0.15) is 24.8 Å². The predicted octanol–water partition coefficient (Wildman–Crippen LogP) is 4.34. The normalized spacial score (nSPS) is 15.4. The third-order valence-electron chi connectivity index (χ3n) is 4.41. The first-order chi connectivity index (χ1) is 9.88. The number of nitrogens with zero attached hydrogens (tertiary/aromatic N) is 2. The van der Waals surface area contributed by atoms with E-state index in [2.05, 4.69) is 41.5 Å². The number of benzene rings is 1. The molecule has 0 atom stereocenters. The molecular weight excluding hydrogens is 244 g/mol. The van der Waals surface area contributed by atoms with Gasteiger partial charge in [-0.2, -0.15) is 5.10 Å². The van der Waals surface area contributed by atoms with E-state index in [1.165, 1.54) is 42.4 Å². The van der Waals surface area contributed by atoms with E-state index in [0.717, 1.165) is 11.4 Å². The Kier molecular flexibility index (Phi) is 2.80. The molecule has 2 nitrogen and oxygen atoms in total. The minimum atomic E-state index is 0.919. The van der Waals surface area contributed by atoms with Crippen molar-refractivity contribution in [2.45, 2.75) is 25.7 Å². The Labute approximate surface area is 119 Å². The molecule has 1 aliphatic rings. The lowest BCUT2D eigenvalue weighted by Crippen LogP contribution is -2.13. The molecule has 0 N–H and O–H groups in total. The molecule has 0 bridgehead atoms. The number of fused-ring (bicyclic) bond motifs is 1. The average molecular weight is 262 g/mol. The lowest BCUT2D eigenvalue weighted by atomic mass is 9.80. The number of hydrogen-bond acceptors (Lipinski definition) is 1. The molecule has 0 amide bonds. The van der Waals surface area contributed by atoms with Gasteiger partial charge in [0.1, 0.15) is 0 Å². The van der Waals surface area contributed by atoms with Crippen LogP contribution in [0.2, 0.25) is 0 Å². The second kappa shape index (κ2) is 4.78. The zero-order valence-corrected chi connectivity index (χ0v) is 11.5. The van der Waals surface area contributed by atoms with Gasteiger partial charge in [-0.25, -0.2) is 4.52 Å². The molecule has 0 aliphatic heterocycles. The molecule has 0 unspecified atom stereocenters. The average Bonchev–Trinajstić information content (AvgIpc) is 2.90. The number of aromatic nitrogens is 2. The van der Waals surface area contributed by atoms with Crippen LogP contribution in [0.15, 0.2) is 54.9 Å². The Morgan fingerprint density at radius 1 is 1.05 bits per heavy atom. The van der Waals surface area contributed by atoms with E-state index in [4.69, 9.17) is 0 Å². The maximum atomic E-state index is 4.25. The van der Waals surface area contributed by atoms with Crippen LogP contribution in [-0.2, 0) is 6.42 Å².